The summed E-state index contributed by atoms with van der Waals surface area (Å²) in [5, 5.41) is 0. The van der Waals surface area contributed by atoms with E-state index in [1.54, 1.807) is 12.0 Å². The number of rotatable bonds is 7. The molecule has 1 aliphatic heterocycles. The van der Waals surface area contributed by atoms with Crippen LogP contribution in [0.25, 0.3) is 0 Å². The molecule has 122 valence electrons. The largest absolute Gasteiger partial charge is 0.468 e. The minimum atomic E-state index is -0.334. The Kier molecular flexibility index (Phi) is 7.67. The van der Waals surface area contributed by atoms with Crippen LogP contribution in [-0.2, 0) is 19.1 Å². The van der Waals surface area contributed by atoms with Crippen LogP contribution >= 0.6 is 0 Å². The fraction of sp³-hybridized carbons (Fsp3) is 0.867. The average molecular weight is 300 g/mol. The van der Waals surface area contributed by atoms with E-state index in [0.29, 0.717) is 25.0 Å². The first-order valence-corrected chi connectivity index (χ1v) is 7.52. The maximum atomic E-state index is 12.4. The molecule has 0 aromatic heterocycles. The normalized spacial score (nSPS) is 22.4. The van der Waals surface area contributed by atoms with Gasteiger partial charge in [0.05, 0.1) is 26.8 Å². The van der Waals surface area contributed by atoms with Crippen LogP contribution in [0.3, 0.4) is 0 Å². The van der Waals surface area contributed by atoms with Gasteiger partial charge in [-0.25, -0.2) is 0 Å². The third kappa shape index (κ3) is 6.44. The monoisotopic (exact) mass is 300 g/mol. The van der Waals surface area contributed by atoms with Crippen molar-refractivity contribution in [2.24, 2.45) is 11.8 Å². The highest BCUT2D eigenvalue weighted by molar-refractivity contribution is 5.79. The van der Waals surface area contributed by atoms with E-state index in [1.807, 2.05) is 4.90 Å². The highest BCUT2D eigenvalue weighted by Crippen LogP contribution is 2.21. The van der Waals surface area contributed by atoms with Crippen molar-refractivity contribution in [3.63, 3.8) is 0 Å². The van der Waals surface area contributed by atoms with Gasteiger partial charge in [0.15, 0.2) is 0 Å². The Morgan fingerprint density at radius 1 is 1.14 bits per heavy atom. The fourth-order valence-corrected chi connectivity index (χ4v) is 2.84. The quantitative estimate of drug-likeness (QED) is 0.645. The number of carbonyl (C=O) groups excluding carboxylic acids is 2. The van der Waals surface area contributed by atoms with Crippen LogP contribution in [0.2, 0.25) is 0 Å². The second-order valence-corrected chi connectivity index (χ2v) is 6.02. The number of carbonyl (C=O) groups is 2. The van der Waals surface area contributed by atoms with Crippen molar-refractivity contribution in [2.75, 3.05) is 53.6 Å². The molecule has 1 heterocycles. The summed E-state index contributed by atoms with van der Waals surface area (Å²) >= 11 is 0. The number of piperidine rings is 1. The van der Waals surface area contributed by atoms with Gasteiger partial charge in [0.2, 0.25) is 5.91 Å². The van der Waals surface area contributed by atoms with Gasteiger partial charge in [-0.15, -0.1) is 0 Å². The van der Waals surface area contributed by atoms with Crippen molar-refractivity contribution >= 4 is 11.9 Å². The molecule has 1 amide bonds. The van der Waals surface area contributed by atoms with E-state index in [0.717, 1.165) is 13.1 Å². The Labute approximate surface area is 127 Å². The van der Waals surface area contributed by atoms with Crippen LogP contribution in [0.4, 0.5) is 0 Å². The minimum Gasteiger partial charge on any atom is -0.468 e. The molecule has 2 atom stereocenters. The Balaban J connectivity index is 2.55. The molecule has 0 aromatic rings. The maximum absolute atomic E-state index is 12.4. The molecule has 1 saturated heterocycles. The number of ether oxygens (including phenoxy) is 2. The average Bonchev–Trinajstić information content (AvgIpc) is 2.43. The number of nitrogens with zero attached hydrogens (tertiary/aromatic N) is 2. The van der Waals surface area contributed by atoms with E-state index in [1.165, 1.54) is 13.5 Å². The highest BCUT2D eigenvalue weighted by atomic mass is 16.5. The predicted molar refractivity (Wildman–Crippen MR) is 79.9 cm³/mol. The molecule has 0 spiro atoms. The van der Waals surface area contributed by atoms with E-state index in [9.17, 15) is 9.59 Å². The van der Waals surface area contributed by atoms with Gasteiger partial charge in [0, 0.05) is 26.7 Å². The molecule has 0 aliphatic carbocycles. The van der Waals surface area contributed by atoms with Crippen LogP contribution < -0.4 is 0 Å². The van der Waals surface area contributed by atoms with Crippen molar-refractivity contribution < 1.29 is 19.1 Å². The molecular weight excluding hydrogens is 272 g/mol. The fourth-order valence-electron chi connectivity index (χ4n) is 2.84. The molecule has 0 N–H and O–H groups in total. The zero-order valence-electron chi connectivity index (χ0n) is 13.6. The molecule has 0 radical (unpaired) electrons. The number of likely N-dealkylation sites (tertiary alicyclic amines) is 1. The Morgan fingerprint density at radius 3 is 2.29 bits per heavy atom. The van der Waals surface area contributed by atoms with Gasteiger partial charge in [-0.2, -0.15) is 0 Å². The lowest BCUT2D eigenvalue weighted by atomic mass is 9.92. The zero-order valence-corrected chi connectivity index (χ0v) is 13.6. The maximum Gasteiger partial charge on any atom is 0.319 e. The van der Waals surface area contributed by atoms with Crippen LogP contribution in [0, 0.1) is 11.8 Å². The topological polar surface area (TPSA) is 59.1 Å². The van der Waals surface area contributed by atoms with Gasteiger partial charge < -0.3 is 14.4 Å². The summed E-state index contributed by atoms with van der Waals surface area (Å²) in [4.78, 5) is 27.5. The summed E-state index contributed by atoms with van der Waals surface area (Å²) in [7, 11) is 2.96. The summed E-state index contributed by atoms with van der Waals surface area (Å²) in [5.41, 5.74) is 0. The summed E-state index contributed by atoms with van der Waals surface area (Å²) in [6, 6.07) is 0. The second-order valence-electron chi connectivity index (χ2n) is 6.02. The number of methoxy groups -OCH3 is 2. The van der Waals surface area contributed by atoms with Crippen molar-refractivity contribution in [3.8, 4) is 0 Å². The van der Waals surface area contributed by atoms with E-state index < -0.39 is 0 Å². The smallest absolute Gasteiger partial charge is 0.319 e. The summed E-state index contributed by atoms with van der Waals surface area (Å²) in [6.45, 7) is 7.33. The van der Waals surface area contributed by atoms with Crippen molar-refractivity contribution in [2.45, 2.75) is 20.3 Å². The van der Waals surface area contributed by atoms with Crippen molar-refractivity contribution in [3.05, 3.63) is 0 Å². The van der Waals surface area contributed by atoms with E-state index >= 15 is 0 Å². The van der Waals surface area contributed by atoms with Crippen LogP contribution in [0.15, 0.2) is 0 Å². The second kappa shape index (κ2) is 9.00. The Hall–Kier alpha value is -1.14. The standard InChI is InChI=1S/C15H28N2O4/c1-12-7-13(2)9-17(8-12)14(18)10-16(5-6-20-3)11-15(19)21-4/h12-13H,5-11H2,1-4H3. The molecular formula is C15H28N2O4. The van der Waals surface area contributed by atoms with Gasteiger partial charge in [-0.05, 0) is 18.3 Å². The SMILES string of the molecule is COCCN(CC(=O)OC)CC(=O)N1CC(C)CC(C)C1. The number of hydrogen-bond acceptors (Lipinski definition) is 5. The molecule has 6 nitrogen and oxygen atoms in total. The molecule has 0 bridgehead atoms. The minimum absolute atomic E-state index is 0.0772. The first kappa shape index (κ1) is 17.9. The summed E-state index contributed by atoms with van der Waals surface area (Å²) < 4.78 is 9.71. The van der Waals surface area contributed by atoms with Gasteiger partial charge in [0.25, 0.3) is 0 Å². The van der Waals surface area contributed by atoms with E-state index in [2.05, 4.69) is 18.6 Å². The number of esters is 1. The van der Waals surface area contributed by atoms with Gasteiger partial charge in [-0.3, -0.25) is 14.5 Å². The lowest BCUT2D eigenvalue weighted by Crippen LogP contribution is -2.48. The summed E-state index contributed by atoms with van der Waals surface area (Å²) in [5.74, 6) is 0.809. The van der Waals surface area contributed by atoms with E-state index in [-0.39, 0.29) is 25.0 Å². The Bertz CT molecular complexity index is 339. The van der Waals surface area contributed by atoms with Gasteiger partial charge in [0.1, 0.15) is 0 Å². The van der Waals surface area contributed by atoms with Gasteiger partial charge >= 0.3 is 5.97 Å². The lowest BCUT2D eigenvalue weighted by Gasteiger charge is -2.36. The molecule has 1 aliphatic rings. The number of hydrogen-bond donors (Lipinski definition) is 0. The Morgan fingerprint density at radius 2 is 1.76 bits per heavy atom. The summed E-state index contributed by atoms with van der Waals surface area (Å²) in [6.07, 6.45) is 1.17. The number of amides is 1. The lowest BCUT2D eigenvalue weighted by molar-refractivity contribution is -0.143. The molecule has 1 fully saturated rings. The highest BCUT2D eigenvalue weighted by Gasteiger charge is 2.26. The van der Waals surface area contributed by atoms with Crippen molar-refractivity contribution in [1.29, 1.82) is 0 Å². The molecule has 6 heteroatoms. The first-order valence-electron chi connectivity index (χ1n) is 7.52. The molecule has 1 rings (SSSR count). The van der Waals surface area contributed by atoms with Gasteiger partial charge in [-0.1, -0.05) is 13.8 Å². The third-order valence-electron chi connectivity index (χ3n) is 3.77. The molecule has 21 heavy (non-hydrogen) atoms. The molecule has 0 aromatic carbocycles. The van der Waals surface area contributed by atoms with E-state index in [4.69, 9.17) is 4.74 Å². The predicted octanol–water partition coefficient (Wildman–Crippen LogP) is 0.612. The molecule has 2 unspecified atom stereocenters. The van der Waals surface area contributed by atoms with Crippen molar-refractivity contribution in [1.82, 2.24) is 9.80 Å². The zero-order chi connectivity index (χ0) is 15.8. The third-order valence-corrected chi connectivity index (χ3v) is 3.77. The van der Waals surface area contributed by atoms with Crippen LogP contribution in [0.1, 0.15) is 20.3 Å². The first-order chi connectivity index (χ1) is 9.96. The van der Waals surface area contributed by atoms with Crippen LogP contribution in [0.5, 0.6) is 0 Å². The van der Waals surface area contributed by atoms with Crippen LogP contribution in [-0.4, -0.2) is 75.2 Å². The molecule has 0 saturated carbocycles.